The molecular formula is C11H13BrO4. The number of rotatable bonds is 4. The zero-order valence-corrected chi connectivity index (χ0v) is 10.4. The Labute approximate surface area is 102 Å². The van der Waals surface area contributed by atoms with Crippen LogP contribution in [0.4, 0.5) is 0 Å². The Kier molecular flexibility index (Phi) is 4.18. The first kappa shape index (κ1) is 12.8. The van der Waals surface area contributed by atoms with Crippen molar-refractivity contribution >= 4 is 21.7 Å². The van der Waals surface area contributed by atoms with Crippen molar-refractivity contribution < 1.29 is 20.1 Å². The summed E-state index contributed by atoms with van der Waals surface area (Å²) >= 11 is 2.99. The van der Waals surface area contributed by atoms with E-state index in [2.05, 4.69) is 15.9 Å². The van der Waals surface area contributed by atoms with E-state index in [9.17, 15) is 20.1 Å². The van der Waals surface area contributed by atoms with E-state index in [-0.39, 0.29) is 15.8 Å². The number of hydrogen-bond donors (Lipinski definition) is 3. The molecule has 0 atom stereocenters. The maximum atomic E-state index is 11.7. The molecule has 16 heavy (non-hydrogen) atoms. The third kappa shape index (κ3) is 2.47. The number of phenolic OH excluding ortho intramolecular Hbond substituents is 3. The standard InChI is InChI=1S/C11H13BrO4/c1-2-3-4-8(13)6-5-7(12)10(15)11(16)9(6)14/h5,14-16H,2-4H2,1H3. The molecule has 0 spiro atoms. The molecule has 0 aliphatic heterocycles. The summed E-state index contributed by atoms with van der Waals surface area (Å²) < 4.78 is 0.183. The summed E-state index contributed by atoms with van der Waals surface area (Å²) in [6.45, 7) is 1.96. The van der Waals surface area contributed by atoms with Crippen LogP contribution in [0, 0.1) is 0 Å². The Balaban J connectivity index is 3.10. The van der Waals surface area contributed by atoms with E-state index in [1.807, 2.05) is 6.92 Å². The highest BCUT2D eigenvalue weighted by molar-refractivity contribution is 9.10. The maximum Gasteiger partial charge on any atom is 0.202 e. The van der Waals surface area contributed by atoms with Crippen LogP contribution in [0.25, 0.3) is 0 Å². The van der Waals surface area contributed by atoms with Crippen LogP contribution in [-0.2, 0) is 0 Å². The second-order valence-electron chi connectivity index (χ2n) is 3.48. The summed E-state index contributed by atoms with van der Waals surface area (Å²) in [4.78, 5) is 11.7. The van der Waals surface area contributed by atoms with Crippen LogP contribution in [0.15, 0.2) is 10.5 Å². The molecule has 4 nitrogen and oxygen atoms in total. The van der Waals surface area contributed by atoms with Gasteiger partial charge in [0, 0.05) is 6.42 Å². The van der Waals surface area contributed by atoms with Crippen molar-refractivity contribution in [3.05, 3.63) is 16.1 Å². The molecule has 0 saturated heterocycles. The third-order valence-electron chi connectivity index (χ3n) is 2.26. The molecular weight excluding hydrogens is 276 g/mol. The summed E-state index contributed by atoms with van der Waals surface area (Å²) in [6.07, 6.45) is 1.90. The summed E-state index contributed by atoms with van der Waals surface area (Å²) in [5.41, 5.74) is 0.0237. The van der Waals surface area contributed by atoms with Gasteiger partial charge in [-0.2, -0.15) is 0 Å². The first-order chi connectivity index (χ1) is 7.49. The molecule has 0 heterocycles. The topological polar surface area (TPSA) is 77.8 Å². The SMILES string of the molecule is CCCCC(=O)c1cc(Br)c(O)c(O)c1O. The van der Waals surface area contributed by atoms with E-state index < -0.39 is 17.2 Å². The second-order valence-corrected chi connectivity index (χ2v) is 4.33. The molecule has 88 valence electrons. The van der Waals surface area contributed by atoms with Crippen LogP contribution in [0.1, 0.15) is 36.5 Å². The normalized spacial score (nSPS) is 10.4. The van der Waals surface area contributed by atoms with Gasteiger partial charge >= 0.3 is 0 Å². The number of carbonyl (C=O) groups is 1. The number of Topliss-reactive ketones (excluding diaryl/α,β-unsaturated/α-hetero) is 1. The summed E-state index contributed by atoms with van der Waals surface area (Å²) in [5.74, 6) is -1.96. The fourth-order valence-corrected chi connectivity index (χ4v) is 1.72. The van der Waals surface area contributed by atoms with Gasteiger partial charge in [-0.3, -0.25) is 4.79 Å². The van der Waals surface area contributed by atoms with Gasteiger partial charge in [-0.1, -0.05) is 13.3 Å². The molecule has 1 aromatic carbocycles. The fourth-order valence-electron chi connectivity index (χ4n) is 1.30. The lowest BCUT2D eigenvalue weighted by molar-refractivity contribution is 0.0976. The van der Waals surface area contributed by atoms with Crippen molar-refractivity contribution in [1.29, 1.82) is 0 Å². The van der Waals surface area contributed by atoms with E-state index in [1.165, 1.54) is 6.07 Å². The molecule has 0 aliphatic rings. The van der Waals surface area contributed by atoms with Crippen LogP contribution in [0.3, 0.4) is 0 Å². The molecule has 1 aromatic rings. The van der Waals surface area contributed by atoms with E-state index in [0.717, 1.165) is 12.8 Å². The number of carbonyl (C=O) groups excluding carboxylic acids is 1. The molecule has 0 saturated carbocycles. The number of phenols is 3. The van der Waals surface area contributed by atoms with Gasteiger partial charge in [0.25, 0.3) is 0 Å². The molecule has 0 unspecified atom stereocenters. The number of benzene rings is 1. The highest BCUT2D eigenvalue weighted by atomic mass is 79.9. The summed E-state index contributed by atoms with van der Waals surface area (Å²) in [5, 5.41) is 28.2. The predicted octanol–water partition coefficient (Wildman–Crippen LogP) is 2.94. The van der Waals surface area contributed by atoms with E-state index in [1.54, 1.807) is 0 Å². The molecule has 0 radical (unpaired) electrons. The average molecular weight is 289 g/mol. The minimum atomic E-state index is -0.672. The van der Waals surface area contributed by atoms with Crippen molar-refractivity contribution in [1.82, 2.24) is 0 Å². The van der Waals surface area contributed by atoms with E-state index in [0.29, 0.717) is 6.42 Å². The van der Waals surface area contributed by atoms with Gasteiger partial charge in [-0.05, 0) is 28.4 Å². The van der Waals surface area contributed by atoms with Gasteiger partial charge in [0.1, 0.15) is 0 Å². The Hall–Kier alpha value is -1.23. The molecule has 0 aliphatic carbocycles. The fraction of sp³-hybridized carbons (Fsp3) is 0.364. The van der Waals surface area contributed by atoms with Crippen molar-refractivity contribution in [2.45, 2.75) is 26.2 Å². The van der Waals surface area contributed by atoms with Gasteiger partial charge in [-0.15, -0.1) is 0 Å². The number of ketones is 1. The van der Waals surface area contributed by atoms with Gasteiger partial charge in [0.15, 0.2) is 17.3 Å². The Morgan fingerprint density at radius 3 is 2.44 bits per heavy atom. The van der Waals surface area contributed by atoms with Gasteiger partial charge in [0.2, 0.25) is 5.75 Å². The zero-order valence-electron chi connectivity index (χ0n) is 8.83. The lowest BCUT2D eigenvalue weighted by Crippen LogP contribution is -1.99. The van der Waals surface area contributed by atoms with Gasteiger partial charge in [0.05, 0.1) is 10.0 Å². The van der Waals surface area contributed by atoms with Crippen LogP contribution in [0.2, 0.25) is 0 Å². The Bertz CT molecular complexity index is 415. The highest BCUT2D eigenvalue weighted by Crippen LogP contribution is 2.43. The Morgan fingerprint density at radius 2 is 1.88 bits per heavy atom. The van der Waals surface area contributed by atoms with Crippen molar-refractivity contribution in [3.8, 4) is 17.2 Å². The highest BCUT2D eigenvalue weighted by Gasteiger charge is 2.19. The maximum absolute atomic E-state index is 11.7. The van der Waals surface area contributed by atoms with Crippen LogP contribution in [0.5, 0.6) is 17.2 Å². The minimum absolute atomic E-state index is 0.0237. The third-order valence-corrected chi connectivity index (χ3v) is 2.86. The number of hydrogen-bond acceptors (Lipinski definition) is 4. The summed E-state index contributed by atoms with van der Waals surface area (Å²) in [6, 6.07) is 1.31. The molecule has 0 amide bonds. The first-order valence-electron chi connectivity index (χ1n) is 4.95. The lowest BCUT2D eigenvalue weighted by atomic mass is 10.0. The summed E-state index contributed by atoms with van der Waals surface area (Å²) in [7, 11) is 0. The average Bonchev–Trinajstić information content (AvgIpc) is 2.28. The molecule has 1 rings (SSSR count). The van der Waals surface area contributed by atoms with Crippen LogP contribution >= 0.6 is 15.9 Å². The molecule has 0 bridgehead atoms. The monoisotopic (exact) mass is 288 g/mol. The minimum Gasteiger partial charge on any atom is -0.504 e. The van der Waals surface area contributed by atoms with Gasteiger partial charge in [-0.25, -0.2) is 0 Å². The second kappa shape index (κ2) is 5.21. The van der Waals surface area contributed by atoms with Crippen LogP contribution < -0.4 is 0 Å². The first-order valence-corrected chi connectivity index (χ1v) is 5.74. The smallest absolute Gasteiger partial charge is 0.202 e. The van der Waals surface area contributed by atoms with Gasteiger partial charge < -0.3 is 15.3 Å². The lowest BCUT2D eigenvalue weighted by Gasteiger charge is -2.08. The molecule has 0 fully saturated rings. The van der Waals surface area contributed by atoms with Crippen molar-refractivity contribution in [2.75, 3.05) is 0 Å². The zero-order chi connectivity index (χ0) is 12.3. The molecule has 3 N–H and O–H groups in total. The molecule has 5 heteroatoms. The predicted molar refractivity (Wildman–Crippen MR) is 63.0 cm³/mol. The van der Waals surface area contributed by atoms with E-state index >= 15 is 0 Å². The molecule has 0 aromatic heterocycles. The number of halogens is 1. The van der Waals surface area contributed by atoms with Crippen molar-refractivity contribution in [3.63, 3.8) is 0 Å². The number of aromatic hydroxyl groups is 3. The van der Waals surface area contributed by atoms with Crippen molar-refractivity contribution in [2.24, 2.45) is 0 Å². The largest absolute Gasteiger partial charge is 0.504 e. The Morgan fingerprint density at radius 1 is 1.25 bits per heavy atom. The quantitative estimate of drug-likeness (QED) is 0.588. The number of unbranched alkanes of at least 4 members (excludes halogenated alkanes) is 1. The van der Waals surface area contributed by atoms with Crippen LogP contribution in [-0.4, -0.2) is 21.1 Å². The van der Waals surface area contributed by atoms with E-state index in [4.69, 9.17) is 0 Å².